The van der Waals surface area contributed by atoms with Crippen LogP contribution in [0.25, 0.3) is 0 Å². The molecule has 4 heteroatoms. The van der Waals surface area contributed by atoms with Crippen LogP contribution in [0.5, 0.6) is 0 Å². The molecule has 3 nitrogen and oxygen atoms in total. The molecule has 0 aliphatic rings. The SMILES string of the molecule is O=C(O)CCCO.[Gd]. The van der Waals surface area contributed by atoms with Gasteiger partial charge >= 0.3 is 5.97 Å². The van der Waals surface area contributed by atoms with Gasteiger partial charge in [0, 0.05) is 53.0 Å². The standard InChI is InChI=1S/C4H8O3.Gd/c5-3-1-2-4(6)7;/h5H,1-3H2,(H,6,7);. The Labute approximate surface area is 79.8 Å². The van der Waals surface area contributed by atoms with Crippen molar-refractivity contribution in [3.63, 3.8) is 0 Å². The first-order chi connectivity index (χ1) is 3.27. The Morgan fingerprint density at radius 1 is 1.50 bits per heavy atom. The molecule has 0 aromatic carbocycles. The second-order valence-electron chi connectivity index (χ2n) is 1.22. The molecule has 0 saturated carbocycles. The van der Waals surface area contributed by atoms with E-state index in [2.05, 4.69) is 0 Å². The van der Waals surface area contributed by atoms with E-state index < -0.39 is 5.97 Å². The number of aliphatic carboxylic acids is 1. The number of rotatable bonds is 3. The first kappa shape index (κ1) is 11.5. The summed E-state index contributed by atoms with van der Waals surface area (Å²) in [5.41, 5.74) is 0. The molecule has 0 amide bonds. The van der Waals surface area contributed by atoms with Gasteiger partial charge in [-0.15, -0.1) is 0 Å². The third-order valence-electron chi connectivity index (χ3n) is 0.549. The Morgan fingerprint density at radius 3 is 2.12 bits per heavy atom. The predicted molar refractivity (Wildman–Crippen MR) is 24.0 cm³/mol. The summed E-state index contributed by atoms with van der Waals surface area (Å²) in [5, 5.41) is 16.0. The molecular weight excluding hydrogens is 253 g/mol. The van der Waals surface area contributed by atoms with Crippen molar-refractivity contribution in [2.45, 2.75) is 12.8 Å². The molecule has 0 rings (SSSR count). The van der Waals surface area contributed by atoms with Gasteiger partial charge in [0.2, 0.25) is 0 Å². The molecule has 0 aliphatic carbocycles. The third kappa shape index (κ3) is 9.89. The van der Waals surface area contributed by atoms with Gasteiger partial charge in [0.25, 0.3) is 0 Å². The molecule has 0 heterocycles. The van der Waals surface area contributed by atoms with Crippen LogP contribution in [-0.2, 0) is 4.79 Å². The van der Waals surface area contributed by atoms with Crippen LogP contribution in [0, 0.1) is 39.9 Å². The average Bonchev–Trinajstić information content (AvgIpc) is 1.61. The van der Waals surface area contributed by atoms with Crippen LogP contribution in [0.4, 0.5) is 0 Å². The fraction of sp³-hybridized carbons (Fsp3) is 0.750. The Bertz CT molecular complexity index is 64.3. The minimum atomic E-state index is -0.853. The van der Waals surface area contributed by atoms with E-state index >= 15 is 0 Å². The first-order valence-corrected chi connectivity index (χ1v) is 2.10. The molecule has 0 aromatic rings. The number of carbonyl (C=O) groups is 1. The molecule has 0 fully saturated rings. The van der Waals surface area contributed by atoms with Crippen molar-refractivity contribution in [2.75, 3.05) is 6.61 Å². The van der Waals surface area contributed by atoms with Gasteiger partial charge in [-0.3, -0.25) is 4.79 Å². The van der Waals surface area contributed by atoms with Crippen molar-refractivity contribution in [3.8, 4) is 0 Å². The van der Waals surface area contributed by atoms with Crippen molar-refractivity contribution < 1.29 is 54.9 Å². The summed E-state index contributed by atoms with van der Waals surface area (Å²) >= 11 is 0. The van der Waals surface area contributed by atoms with Crippen molar-refractivity contribution in [3.05, 3.63) is 0 Å². The molecule has 0 aromatic heterocycles. The van der Waals surface area contributed by atoms with Gasteiger partial charge < -0.3 is 10.2 Å². The molecule has 0 radical (unpaired) electrons. The maximum absolute atomic E-state index is 9.65. The molecule has 0 saturated heterocycles. The second-order valence-corrected chi connectivity index (χ2v) is 1.22. The summed E-state index contributed by atoms with van der Waals surface area (Å²) in [4.78, 5) is 9.65. The van der Waals surface area contributed by atoms with Crippen LogP contribution in [0.3, 0.4) is 0 Å². The van der Waals surface area contributed by atoms with Crippen LogP contribution in [0.15, 0.2) is 0 Å². The molecule has 0 unspecified atom stereocenters. The Hall–Kier alpha value is 0.755. The van der Waals surface area contributed by atoms with E-state index in [0.29, 0.717) is 6.42 Å². The van der Waals surface area contributed by atoms with E-state index in [1.54, 1.807) is 0 Å². The van der Waals surface area contributed by atoms with Crippen molar-refractivity contribution in [1.82, 2.24) is 0 Å². The summed E-state index contributed by atoms with van der Waals surface area (Å²) in [7, 11) is 0. The number of aliphatic hydroxyl groups excluding tert-OH is 1. The van der Waals surface area contributed by atoms with Crippen LogP contribution >= 0.6 is 0 Å². The Balaban J connectivity index is 0. The molecule has 8 heavy (non-hydrogen) atoms. The van der Waals surface area contributed by atoms with E-state index in [0.717, 1.165) is 0 Å². The molecule has 2 N–H and O–H groups in total. The largest absolute Gasteiger partial charge is 0.481 e. The molecule has 0 aliphatic heterocycles. The zero-order valence-corrected chi connectivity index (χ0v) is 6.55. The summed E-state index contributed by atoms with van der Waals surface area (Å²) in [5.74, 6) is -0.853. The predicted octanol–water partition coefficient (Wildman–Crippen LogP) is -0.157. The van der Waals surface area contributed by atoms with Crippen LogP contribution in [0.2, 0.25) is 0 Å². The van der Waals surface area contributed by atoms with Crippen molar-refractivity contribution in [2.24, 2.45) is 0 Å². The fourth-order valence-corrected chi connectivity index (χ4v) is 0.230. The molecule has 50 valence electrons. The summed E-state index contributed by atoms with van der Waals surface area (Å²) in [6, 6.07) is 0. The van der Waals surface area contributed by atoms with E-state index in [1.807, 2.05) is 0 Å². The van der Waals surface area contributed by atoms with Crippen LogP contribution in [0.1, 0.15) is 12.8 Å². The Kier molecular flexibility index (Phi) is 11.2. The quantitative estimate of drug-likeness (QED) is 0.742. The van der Waals surface area contributed by atoms with E-state index in [4.69, 9.17) is 10.2 Å². The van der Waals surface area contributed by atoms with E-state index in [9.17, 15) is 4.79 Å². The van der Waals surface area contributed by atoms with Gasteiger partial charge in [-0.1, -0.05) is 0 Å². The normalized spacial score (nSPS) is 7.62. The van der Waals surface area contributed by atoms with Crippen molar-refractivity contribution in [1.29, 1.82) is 0 Å². The van der Waals surface area contributed by atoms with Crippen LogP contribution < -0.4 is 0 Å². The summed E-state index contributed by atoms with van der Waals surface area (Å²) in [6.07, 6.45) is 0.422. The van der Waals surface area contributed by atoms with Gasteiger partial charge in [0.15, 0.2) is 0 Å². The average molecular weight is 261 g/mol. The summed E-state index contributed by atoms with van der Waals surface area (Å²) in [6.45, 7) is -0.0354. The summed E-state index contributed by atoms with van der Waals surface area (Å²) < 4.78 is 0. The van der Waals surface area contributed by atoms with E-state index in [-0.39, 0.29) is 53.0 Å². The maximum Gasteiger partial charge on any atom is 0.303 e. The number of aliphatic hydroxyl groups is 1. The minimum absolute atomic E-state index is 0. The number of hydrogen-bond acceptors (Lipinski definition) is 2. The molecule has 0 atom stereocenters. The monoisotopic (exact) mass is 262 g/mol. The van der Waals surface area contributed by atoms with E-state index in [1.165, 1.54) is 0 Å². The number of carboxylic acid groups (broad SMARTS) is 1. The minimum Gasteiger partial charge on any atom is -0.481 e. The topological polar surface area (TPSA) is 57.5 Å². The van der Waals surface area contributed by atoms with Gasteiger partial charge in [-0.05, 0) is 6.42 Å². The molecular formula is C4H8GdO3. The zero-order chi connectivity index (χ0) is 5.70. The van der Waals surface area contributed by atoms with Gasteiger partial charge in [0.1, 0.15) is 0 Å². The zero-order valence-electron chi connectivity index (χ0n) is 4.28. The van der Waals surface area contributed by atoms with Crippen molar-refractivity contribution >= 4 is 5.97 Å². The van der Waals surface area contributed by atoms with Gasteiger partial charge in [-0.25, -0.2) is 0 Å². The van der Waals surface area contributed by atoms with Crippen LogP contribution in [-0.4, -0.2) is 22.8 Å². The second kappa shape index (κ2) is 7.75. The van der Waals surface area contributed by atoms with Gasteiger partial charge in [-0.2, -0.15) is 0 Å². The first-order valence-electron chi connectivity index (χ1n) is 2.10. The smallest absolute Gasteiger partial charge is 0.303 e. The maximum atomic E-state index is 9.65. The molecule has 0 bridgehead atoms. The third-order valence-corrected chi connectivity index (χ3v) is 0.549. The fourth-order valence-electron chi connectivity index (χ4n) is 0.230. The number of hydrogen-bond donors (Lipinski definition) is 2. The van der Waals surface area contributed by atoms with Gasteiger partial charge in [0.05, 0.1) is 0 Å². The number of carboxylic acids is 1. The Morgan fingerprint density at radius 2 is 2.00 bits per heavy atom. The molecule has 0 spiro atoms.